The van der Waals surface area contributed by atoms with Gasteiger partial charge < -0.3 is 19.9 Å². The summed E-state index contributed by atoms with van der Waals surface area (Å²) in [7, 11) is 0. The molecule has 2 heterocycles. The zero-order chi connectivity index (χ0) is 24.3. The summed E-state index contributed by atoms with van der Waals surface area (Å²) >= 11 is 0. The van der Waals surface area contributed by atoms with E-state index in [1.54, 1.807) is 23.1 Å². The van der Waals surface area contributed by atoms with Gasteiger partial charge in [0.1, 0.15) is 24.2 Å². The number of likely N-dealkylation sites (tertiary alicyclic amines) is 1. The van der Waals surface area contributed by atoms with Crippen LogP contribution in [0.2, 0.25) is 0 Å². The molecule has 1 aromatic heterocycles. The number of alkyl halides is 3. The fraction of sp³-hybridized carbons (Fsp3) is 0.261. The Kier molecular flexibility index (Phi) is 8.00. The Labute approximate surface area is 204 Å². The maximum absolute atomic E-state index is 13.7. The van der Waals surface area contributed by atoms with Crippen molar-refractivity contribution in [1.82, 2.24) is 15.0 Å². The standard InChI is InChI=1S/C23H21F4N5O2.ClH/c24-16-8-5-14(6-9-16)3-2-12-33-19-10-7-15(13-17(19)23(25,26)27)20-30-21(34-31-20)18-4-1-11-32(18)22(28)29;/h2-3,5-10,13,18H,1,4,11-12H2,(H3,28,29);1H/t18-;/m0./s1. The van der Waals surface area contributed by atoms with Crippen molar-refractivity contribution in [3.05, 3.63) is 71.4 Å². The van der Waals surface area contributed by atoms with Gasteiger partial charge in [-0.25, -0.2) is 4.39 Å². The first-order chi connectivity index (χ1) is 16.2. The molecule has 1 fully saturated rings. The molecule has 1 aliphatic heterocycles. The molecule has 7 nitrogen and oxygen atoms in total. The molecule has 3 aromatic rings. The Hall–Kier alpha value is -3.60. The van der Waals surface area contributed by atoms with Crippen molar-refractivity contribution >= 4 is 24.4 Å². The summed E-state index contributed by atoms with van der Waals surface area (Å²) in [5, 5.41) is 11.5. The van der Waals surface area contributed by atoms with Gasteiger partial charge in [-0.2, -0.15) is 18.2 Å². The van der Waals surface area contributed by atoms with Gasteiger partial charge in [0.15, 0.2) is 5.96 Å². The number of ether oxygens (including phenoxy) is 1. The van der Waals surface area contributed by atoms with Crippen LogP contribution in [0.4, 0.5) is 17.6 Å². The van der Waals surface area contributed by atoms with Gasteiger partial charge in [-0.05, 0) is 54.8 Å². The summed E-state index contributed by atoms with van der Waals surface area (Å²) in [6.45, 7) is 0.451. The highest BCUT2D eigenvalue weighted by molar-refractivity contribution is 5.85. The third kappa shape index (κ3) is 6.10. The predicted molar refractivity (Wildman–Crippen MR) is 124 cm³/mol. The molecular weight excluding hydrogens is 490 g/mol. The molecule has 0 unspecified atom stereocenters. The second-order valence-corrected chi connectivity index (χ2v) is 7.67. The number of nitrogens with two attached hydrogens (primary N) is 1. The van der Waals surface area contributed by atoms with E-state index < -0.39 is 11.7 Å². The van der Waals surface area contributed by atoms with Crippen LogP contribution < -0.4 is 10.5 Å². The van der Waals surface area contributed by atoms with Crippen LogP contribution >= 0.6 is 12.4 Å². The minimum Gasteiger partial charge on any atom is -0.489 e. The summed E-state index contributed by atoms with van der Waals surface area (Å²) in [5.41, 5.74) is 5.41. The molecule has 0 bridgehead atoms. The average Bonchev–Trinajstić information content (AvgIpc) is 3.47. The van der Waals surface area contributed by atoms with Crippen LogP contribution in [0.3, 0.4) is 0 Å². The third-order valence-corrected chi connectivity index (χ3v) is 5.35. The number of guanidine groups is 1. The number of halogens is 5. The quantitative estimate of drug-likeness (QED) is 0.260. The molecular formula is C23H22ClF4N5O2. The van der Waals surface area contributed by atoms with E-state index in [-0.39, 0.29) is 59.9 Å². The molecule has 0 aliphatic carbocycles. The van der Waals surface area contributed by atoms with Crippen molar-refractivity contribution in [2.75, 3.05) is 13.2 Å². The van der Waals surface area contributed by atoms with Crippen LogP contribution in [0, 0.1) is 11.2 Å². The first kappa shape index (κ1) is 26.0. The number of aromatic nitrogens is 2. The lowest BCUT2D eigenvalue weighted by Crippen LogP contribution is -2.35. The molecule has 0 spiro atoms. The monoisotopic (exact) mass is 511 g/mol. The zero-order valence-corrected chi connectivity index (χ0v) is 19.1. The molecule has 0 saturated carbocycles. The van der Waals surface area contributed by atoms with E-state index in [1.165, 1.54) is 30.3 Å². The van der Waals surface area contributed by atoms with Gasteiger partial charge in [0.25, 0.3) is 0 Å². The van der Waals surface area contributed by atoms with E-state index in [1.807, 2.05) is 0 Å². The molecule has 1 atom stereocenters. The SMILES string of the molecule is Cl.N=C(N)N1CCC[C@H]1c1nc(-c2ccc(OCC=Cc3ccc(F)cc3)c(C(F)(F)F)c2)no1. The van der Waals surface area contributed by atoms with Crippen LogP contribution in [0.15, 0.2) is 53.1 Å². The molecule has 12 heteroatoms. The molecule has 4 rings (SSSR count). The maximum Gasteiger partial charge on any atom is 0.419 e. The number of hydrogen-bond acceptors (Lipinski definition) is 5. The van der Waals surface area contributed by atoms with E-state index in [0.29, 0.717) is 18.5 Å². The average molecular weight is 512 g/mol. The Morgan fingerprint density at radius 1 is 1.23 bits per heavy atom. The van der Waals surface area contributed by atoms with Crippen LogP contribution in [0.1, 0.15) is 35.9 Å². The normalized spacial score (nSPS) is 15.9. The predicted octanol–water partition coefficient (Wildman–Crippen LogP) is 5.44. The fourth-order valence-corrected chi connectivity index (χ4v) is 3.71. The zero-order valence-electron chi connectivity index (χ0n) is 18.3. The number of benzene rings is 2. The number of nitrogens with one attached hydrogen (secondary N) is 1. The van der Waals surface area contributed by atoms with E-state index in [4.69, 9.17) is 20.4 Å². The number of nitrogens with zero attached hydrogens (tertiary/aromatic N) is 3. The molecule has 1 saturated heterocycles. The minimum absolute atomic E-state index is 0. The Morgan fingerprint density at radius 2 is 1.97 bits per heavy atom. The van der Waals surface area contributed by atoms with Crippen molar-refractivity contribution in [3.8, 4) is 17.1 Å². The van der Waals surface area contributed by atoms with Crippen molar-refractivity contribution in [3.63, 3.8) is 0 Å². The molecule has 0 radical (unpaired) electrons. The van der Waals surface area contributed by atoms with Gasteiger partial charge in [-0.1, -0.05) is 23.4 Å². The third-order valence-electron chi connectivity index (χ3n) is 5.35. The van der Waals surface area contributed by atoms with Gasteiger partial charge in [0.05, 0.1) is 5.56 Å². The van der Waals surface area contributed by atoms with Crippen LogP contribution in [0.25, 0.3) is 17.5 Å². The van der Waals surface area contributed by atoms with Crippen molar-refractivity contribution in [2.45, 2.75) is 25.1 Å². The summed E-state index contributed by atoms with van der Waals surface area (Å²) in [6, 6.07) is 8.81. The second kappa shape index (κ2) is 10.8. The lowest BCUT2D eigenvalue weighted by molar-refractivity contribution is -0.138. The Bertz CT molecular complexity index is 1200. The van der Waals surface area contributed by atoms with Gasteiger partial charge in [0.2, 0.25) is 11.7 Å². The largest absolute Gasteiger partial charge is 0.489 e. The van der Waals surface area contributed by atoms with E-state index in [2.05, 4.69) is 10.1 Å². The Morgan fingerprint density at radius 3 is 2.66 bits per heavy atom. The van der Waals surface area contributed by atoms with Crippen molar-refractivity contribution in [2.24, 2.45) is 5.73 Å². The van der Waals surface area contributed by atoms with Gasteiger partial charge in [-0.3, -0.25) is 5.41 Å². The highest BCUT2D eigenvalue weighted by Crippen LogP contribution is 2.39. The highest BCUT2D eigenvalue weighted by Gasteiger charge is 2.36. The highest BCUT2D eigenvalue weighted by atomic mass is 35.5. The molecule has 3 N–H and O–H groups in total. The Balaban J connectivity index is 0.00000342. The van der Waals surface area contributed by atoms with Crippen LogP contribution in [0.5, 0.6) is 5.75 Å². The lowest BCUT2D eigenvalue weighted by Gasteiger charge is -2.21. The van der Waals surface area contributed by atoms with E-state index in [0.717, 1.165) is 12.5 Å². The minimum atomic E-state index is -4.67. The fourth-order valence-electron chi connectivity index (χ4n) is 3.71. The molecule has 2 aromatic carbocycles. The first-order valence-electron chi connectivity index (χ1n) is 10.4. The topological polar surface area (TPSA) is 101 Å². The molecule has 1 aliphatic rings. The van der Waals surface area contributed by atoms with Gasteiger partial charge in [-0.15, -0.1) is 12.4 Å². The molecule has 35 heavy (non-hydrogen) atoms. The summed E-state index contributed by atoms with van der Waals surface area (Å²) < 4.78 is 64.7. The molecule has 0 amide bonds. The smallest absolute Gasteiger partial charge is 0.419 e. The number of rotatable bonds is 6. The van der Waals surface area contributed by atoms with E-state index >= 15 is 0 Å². The van der Waals surface area contributed by atoms with Gasteiger partial charge >= 0.3 is 6.18 Å². The van der Waals surface area contributed by atoms with Crippen LogP contribution in [-0.2, 0) is 6.18 Å². The first-order valence-corrected chi connectivity index (χ1v) is 10.4. The van der Waals surface area contributed by atoms with Gasteiger partial charge in [0, 0.05) is 12.1 Å². The maximum atomic E-state index is 13.7. The van der Waals surface area contributed by atoms with E-state index in [9.17, 15) is 17.6 Å². The van der Waals surface area contributed by atoms with Crippen molar-refractivity contribution in [1.29, 1.82) is 5.41 Å². The summed E-state index contributed by atoms with van der Waals surface area (Å²) in [4.78, 5) is 5.85. The second-order valence-electron chi connectivity index (χ2n) is 7.67. The summed E-state index contributed by atoms with van der Waals surface area (Å²) in [6.07, 6.45) is -0.0884. The lowest BCUT2D eigenvalue weighted by atomic mass is 10.1. The number of hydrogen-bond donors (Lipinski definition) is 2. The summed E-state index contributed by atoms with van der Waals surface area (Å²) in [5.74, 6) is -0.656. The van der Waals surface area contributed by atoms with Crippen molar-refractivity contribution < 1.29 is 26.8 Å². The molecule has 186 valence electrons. The van der Waals surface area contributed by atoms with Crippen LogP contribution in [-0.4, -0.2) is 34.2 Å².